The average Bonchev–Trinajstić information content (AvgIpc) is 3.09. The van der Waals surface area contributed by atoms with Gasteiger partial charge in [-0.15, -0.1) is 0 Å². The lowest BCUT2D eigenvalue weighted by molar-refractivity contribution is -0.144. The largest absolute Gasteiger partial charge is 0.467 e. The van der Waals surface area contributed by atoms with Crippen LogP contribution in [0.25, 0.3) is 21.8 Å². The number of rotatable bonds is 4. The number of methoxy groups -OCH3 is 1. The Morgan fingerprint density at radius 2 is 1.85 bits per heavy atom. The summed E-state index contributed by atoms with van der Waals surface area (Å²) in [5, 5.41) is 1.50. The normalized spacial score (nSPS) is 12.4. The third kappa shape index (κ3) is 2.89. The number of esters is 1. The average molecular weight is 361 g/mol. The number of carbonyl (C=O) groups excluding carboxylic acids is 1. The molecule has 0 radical (unpaired) electrons. The van der Waals surface area contributed by atoms with Crippen LogP contribution in [-0.2, 0) is 16.0 Å². The van der Waals surface area contributed by atoms with E-state index < -0.39 is 12.0 Å². The number of aryl methyl sites for hydroxylation is 1. The lowest BCUT2D eigenvalue weighted by atomic mass is 10.0. The number of nitrogens with zero attached hydrogens (tertiary/aromatic N) is 2. The van der Waals surface area contributed by atoms with Crippen LogP contribution >= 0.6 is 0 Å². The van der Waals surface area contributed by atoms with Crippen LogP contribution in [0, 0.1) is 6.92 Å². The number of hydrogen-bond acceptors (Lipinski definition) is 4. The highest BCUT2D eigenvalue weighted by Crippen LogP contribution is 2.24. The molecule has 0 fully saturated rings. The molecule has 1 atom stereocenters. The molecular weight excluding hydrogens is 342 g/mol. The Morgan fingerprint density at radius 3 is 2.63 bits per heavy atom. The summed E-state index contributed by atoms with van der Waals surface area (Å²) in [7, 11) is 1.33. The number of para-hydroxylation sites is 2. The molecule has 2 aromatic heterocycles. The van der Waals surface area contributed by atoms with E-state index in [1.807, 2.05) is 36.5 Å². The monoisotopic (exact) mass is 361 g/mol. The van der Waals surface area contributed by atoms with Gasteiger partial charge in [0.2, 0.25) is 0 Å². The first-order valence-electron chi connectivity index (χ1n) is 8.71. The Hall–Kier alpha value is -3.41. The van der Waals surface area contributed by atoms with Crippen molar-refractivity contribution in [2.75, 3.05) is 7.11 Å². The van der Waals surface area contributed by atoms with E-state index in [4.69, 9.17) is 4.74 Å². The quantitative estimate of drug-likeness (QED) is 0.567. The maximum Gasteiger partial charge on any atom is 0.329 e. The fourth-order valence-corrected chi connectivity index (χ4v) is 3.55. The molecule has 6 nitrogen and oxygen atoms in total. The summed E-state index contributed by atoms with van der Waals surface area (Å²) in [5.74, 6) is 0.0107. The Balaban J connectivity index is 1.87. The van der Waals surface area contributed by atoms with Crippen LogP contribution in [0.15, 0.2) is 59.5 Å². The third-order valence-electron chi connectivity index (χ3n) is 4.86. The third-order valence-corrected chi connectivity index (χ3v) is 4.86. The predicted octanol–water partition coefficient (Wildman–Crippen LogP) is 3.14. The first-order chi connectivity index (χ1) is 13.1. The van der Waals surface area contributed by atoms with E-state index in [0.29, 0.717) is 23.1 Å². The summed E-state index contributed by atoms with van der Waals surface area (Å²) >= 11 is 0. The minimum atomic E-state index is -0.793. The zero-order valence-corrected chi connectivity index (χ0v) is 15.1. The van der Waals surface area contributed by atoms with Gasteiger partial charge in [0.1, 0.15) is 11.9 Å². The van der Waals surface area contributed by atoms with Crippen molar-refractivity contribution in [3.05, 3.63) is 76.5 Å². The van der Waals surface area contributed by atoms with E-state index in [9.17, 15) is 9.59 Å². The molecule has 2 aromatic carbocycles. The van der Waals surface area contributed by atoms with Crippen molar-refractivity contribution in [3.63, 3.8) is 0 Å². The molecule has 0 amide bonds. The van der Waals surface area contributed by atoms with Crippen molar-refractivity contribution < 1.29 is 9.53 Å². The maximum atomic E-state index is 13.1. The number of ether oxygens (including phenoxy) is 1. The van der Waals surface area contributed by atoms with Gasteiger partial charge in [0.25, 0.3) is 5.56 Å². The van der Waals surface area contributed by atoms with Gasteiger partial charge >= 0.3 is 5.97 Å². The summed E-state index contributed by atoms with van der Waals surface area (Å²) in [6.45, 7) is 1.74. The fourth-order valence-electron chi connectivity index (χ4n) is 3.55. The molecule has 0 unspecified atom stereocenters. The molecule has 136 valence electrons. The molecule has 0 aliphatic rings. The van der Waals surface area contributed by atoms with Crippen LogP contribution in [0.2, 0.25) is 0 Å². The molecule has 0 bridgehead atoms. The van der Waals surface area contributed by atoms with Gasteiger partial charge in [-0.2, -0.15) is 0 Å². The standard InChI is InChI=1S/C21H19N3O3/c1-13-23-18-10-6-4-8-16(18)20(25)24(13)19(21(26)27-2)11-14-12-22-17-9-5-3-7-15(14)17/h3-10,12,19,22H,11H2,1-2H3/t19-/m0/s1. The van der Waals surface area contributed by atoms with E-state index in [-0.39, 0.29) is 5.56 Å². The van der Waals surface area contributed by atoms with Gasteiger partial charge in [0.15, 0.2) is 0 Å². The molecule has 1 N–H and O–H groups in total. The topological polar surface area (TPSA) is 77.0 Å². The highest BCUT2D eigenvalue weighted by Gasteiger charge is 2.26. The van der Waals surface area contributed by atoms with Gasteiger partial charge in [-0.3, -0.25) is 9.36 Å². The molecule has 0 spiro atoms. The van der Waals surface area contributed by atoms with Crippen molar-refractivity contribution in [2.24, 2.45) is 0 Å². The number of aromatic nitrogens is 3. The van der Waals surface area contributed by atoms with Gasteiger partial charge in [-0.05, 0) is 30.7 Å². The van der Waals surface area contributed by atoms with E-state index in [1.165, 1.54) is 11.7 Å². The number of H-pyrrole nitrogens is 1. The van der Waals surface area contributed by atoms with Crippen LogP contribution in [0.1, 0.15) is 17.4 Å². The van der Waals surface area contributed by atoms with Crippen molar-refractivity contribution in [2.45, 2.75) is 19.4 Å². The number of hydrogen-bond donors (Lipinski definition) is 1. The van der Waals surface area contributed by atoms with E-state index in [1.54, 1.807) is 25.1 Å². The minimum Gasteiger partial charge on any atom is -0.467 e. The highest BCUT2D eigenvalue weighted by atomic mass is 16.5. The molecule has 4 rings (SSSR count). The van der Waals surface area contributed by atoms with Crippen molar-refractivity contribution >= 4 is 27.8 Å². The van der Waals surface area contributed by atoms with Crippen molar-refractivity contribution in [1.29, 1.82) is 0 Å². The number of benzene rings is 2. The fraction of sp³-hybridized carbons (Fsp3) is 0.190. The molecule has 0 saturated carbocycles. The lowest BCUT2D eigenvalue weighted by Gasteiger charge is -2.20. The summed E-state index contributed by atoms with van der Waals surface area (Å²) in [6.07, 6.45) is 2.20. The van der Waals surface area contributed by atoms with Gasteiger partial charge in [0.05, 0.1) is 18.0 Å². The Kier molecular flexibility index (Phi) is 4.24. The lowest BCUT2D eigenvalue weighted by Crippen LogP contribution is -2.34. The first-order valence-corrected chi connectivity index (χ1v) is 8.71. The zero-order chi connectivity index (χ0) is 19.0. The number of aromatic amines is 1. The van der Waals surface area contributed by atoms with Gasteiger partial charge < -0.3 is 9.72 Å². The zero-order valence-electron chi connectivity index (χ0n) is 15.1. The minimum absolute atomic E-state index is 0.242. The van der Waals surface area contributed by atoms with Crippen molar-refractivity contribution in [1.82, 2.24) is 14.5 Å². The van der Waals surface area contributed by atoms with Gasteiger partial charge in [-0.25, -0.2) is 9.78 Å². The maximum absolute atomic E-state index is 13.1. The smallest absolute Gasteiger partial charge is 0.329 e. The van der Waals surface area contributed by atoms with Crippen LogP contribution in [0.5, 0.6) is 0 Å². The second kappa shape index (κ2) is 6.72. The number of nitrogens with one attached hydrogen (secondary N) is 1. The summed E-state index contributed by atoms with van der Waals surface area (Å²) < 4.78 is 6.45. The van der Waals surface area contributed by atoms with Crippen LogP contribution in [-0.4, -0.2) is 27.6 Å². The molecule has 27 heavy (non-hydrogen) atoms. The van der Waals surface area contributed by atoms with Crippen molar-refractivity contribution in [3.8, 4) is 0 Å². The molecular formula is C21H19N3O3. The first kappa shape index (κ1) is 17.0. The van der Waals surface area contributed by atoms with E-state index in [0.717, 1.165) is 16.5 Å². The second-order valence-electron chi connectivity index (χ2n) is 6.45. The highest BCUT2D eigenvalue weighted by molar-refractivity contribution is 5.84. The van der Waals surface area contributed by atoms with Crippen LogP contribution in [0.3, 0.4) is 0 Å². The summed E-state index contributed by atoms with van der Waals surface area (Å²) in [5.41, 5.74) is 2.30. The number of fused-ring (bicyclic) bond motifs is 2. The summed E-state index contributed by atoms with van der Waals surface area (Å²) in [4.78, 5) is 33.4. The number of carbonyl (C=O) groups is 1. The van der Waals surface area contributed by atoms with Crippen LogP contribution in [0.4, 0.5) is 0 Å². The Bertz CT molecular complexity index is 1210. The van der Waals surface area contributed by atoms with Gasteiger partial charge in [0, 0.05) is 23.5 Å². The van der Waals surface area contributed by atoms with E-state index >= 15 is 0 Å². The molecule has 0 aliphatic carbocycles. The van der Waals surface area contributed by atoms with E-state index in [2.05, 4.69) is 9.97 Å². The molecule has 6 heteroatoms. The molecule has 0 aliphatic heterocycles. The Labute approximate surface area is 155 Å². The molecule has 2 heterocycles. The predicted molar refractivity (Wildman–Crippen MR) is 104 cm³/mol. The van der Waals surface area contributed by atoms with Crippen LogP contribution < -0.4 is 5.56 Å². The Morgan fingerprint density at radius 1 is 1.15 bits per heavy atom. The summed E-state index contributed by atoms with van der Waals surface area (Å²) in [6, 6.07) is 14.2. The second-order valence-corrected chi connectivity index (χ2v) is 6.45. The molecule has 4 aromatic rings. The van der Waals surface area contributed by atoms with Gasteiger partial charge in [-0.1, -0.05) is 30.3 Å². The SMILES string of the molecule is COC(=O)[C@H](Cc1c[nH]c2ccccc12)n1c(C)nc2ccccc2c1=O. The molecule has 0 saturated heterocycles.